The summed E-state index contributed by atoms with van der Waals surface area (Å²) in [5, 5.41) is 12.6. The highest BCUT2D eigenvalue weighted by molar-refractivity contribution is 7.26. The summed E-state index contributed by atoms with van der Waals surface area (Å²) in [6.45, 7) is 0. The minimum Gasteiger partial charge on any atom is -0.309 e. The smallest absolute Gasteiger partial charge is 0.127 e. The van der Waals surface area contributed by atoms with E-state index in [0.717, 1.165) is 10.2 Å². The van der Waals surface area contributed by atoms with Gasteiger partial charge in [-0.25, -0.2) is 9.97 Å². The molecule has 4 heteroatoms. The summed E-state index contributed by atoms with van der Waals surface area (Å²) in [6, 6.07) is 37.7. The Bertz CT molecular complexity index is 2380. The molecule has 0 bridgehead atoms. The molecule has 0 fully saturated rings. The molecule has 0 amide bonds. The lowest BCUT2D eigenvalue weighted by Gasteiger charge is -2.13. The molecular formula is C34H19N3S. The normalized spacial score (nSPS) is 12.2. The maximum atomic E-state index is 4.56. The van der Waals surface area contributed by atoms with Crippen LogP contribution in [0.5, 0.6) is 0 Å². The Labute approximate surface area is 221 Å². The highest BCUT2D eigenvalue weighted by Gasteiger charge is 2.18. The predicted octanol–water partition coefficient (Wildman–Crippen LogP) is 9.40. The average molecular weight is 502 g/mol. The zero-order valence-electron chi connectivity index (χ0n) is 20.2. The minimum atomic E-state index is 1.03. The van der Waals surface area contributed by atoms with Crippen LogP contribution in [0.1, 0.15) is 0 Å². The summed E-state index contributed by atoms with van der Waals surface area (Å²) in [7, 11) is 0. The van der Waals surface area contributed by atoms with Crippen molar-refractivity contribution >= 4 is 85.8 Å². The molecule has 0 aliphatic carbocycles. The fourth-order valence-electron chi connectivity index (χ4n) is 6.34. The molecule has 3 aromatic heterocycles. The summed E-state index contributed by atoms with van der Waals surface area (Å²) >= 11 is 1.76. The van der Waals surface area contributed by atoms with Gasteiger partial charge in [-0.15, -0.1) is 11.3 Å². The van der Waals surface area contributed by atoms with E-state index in [1.165, 1.54) is 69.9 Å². The Morgan fingerprint density at radius 1 is 0.526 bits per heavy atom. The van der Waals surface area contributed by atoms with Gasteiger partial charge in [0.2, 0.25) is 0 Å². The van der Waals surface area contributed by atoms with Crippen LogP contribution in [0.3, 0.4) is 0 Å². The first-order valence-corrected chi connectivity index (χ1v) is 13.6. The first kappa shape index (κ1) is 20.3. The first-order valence-electron chi connectivity index (χ1n) is 12.7. The second kappa shape index (κ2) is 7.37. The minimum absolute atomic E-state index is 1.03. The number of hydrogen-bond acceptors (Lipinski definition) is 3. The van der Waals surface area contributed by atoms with E-state index in [4.69, 9.17) is 0 Å². The summed E-state index contributed by atoms with van der Waals surface area (Å²) < 4.78 is 3.69. The zero-order valence-corrected chi connectivity index (χ0v) is 21.0. The fourth-order valence-corrected chi connectivity index (χ4v) is 7.51. The van der Waals surface area contributed by atoms with E-state index in [-0.39, 0.29) is 0 Å². The van der Waals surface area contributed by atoms with Crippen molar-refractivity contribution in [1.82, 2.24) is 14.5 Å². The lowest BCUT2D eigenvalue weighted by Crippen LogP contribution is -1.94. The highest BCUT2D eigenvalue weighted by Crippen LogP contribution is 2.43. The maximum Gasteiger partial charge on any atom is 0.127 e. The molecule has 0 aliphatic heterocycles. The van der Waals surface area contributed by atoms with E-state index in [0.29, 0.717) is 0 Å². The van der Waals surface area contributed by atoms with E-state index in [1.807, 2.05) is 6.20 Å². The van der Waals surface area contributed by atoms with Crippen molar-refractivity contribution in [2.45, 2.75) is 0 Å². The SMILES string of the molecule is c1ccc2c(c1)c1ccccc1c1cc(-n3c4ccccc4c4c5sc6ncncc6c5ccc43)ccc21. The second-order valence-corrected chi connectivity index (χ2v) is 10.9. The summed E-state index contributed by atoms with van der Waals surface area (Å²) in [5.74, 6) is 0. The van der Waals surface area contributed by atoms with Crippen LogP contribution < -0.4 is 0 Å². The van der Waals surface area contributed by atoms with Gasteiger partial charge >= 0.3 is 0 Å². The number of hydrogen-bond donors (Lipinski definition) is 0. The van der Waals surface area contributed by atoms with Gasteiger partial charge in [-0.05, 0) is 56.6 Å². The average Bonchev–Trinajstić information content (AvgIpc) is 3.53. The highest BCUT2D eigenvalue weighted by atomic mass is 32.1. The third kappa shape index (κ3) is 2.57. The van der Waals surface area contributed by atoms with Gasteiger partial charge in [-0.3, -0.25) is 0 Å². The van der Waals surface area contributed by atoms with Gasteiger partial charge in [0.15, 0.2) is 0 Å². The summed E-state index contributed by atoms with van der Waals surface area (Å²) in [6.07, 6.45) is 3.58. The van der Waals surface area contributed by atoms with Gasteiger partial charge in [0.05, 0.1) is 11.0 Å². The molecule has 3 nitrogen and oxygen atoms in total. The third-order valence-electron chi connectivity index (χ3n) is 7.94. The molecule has 0 unspecified atom stereocenters. The van der Waals surface area contributed by atoms with E-state index in [9.17, 15) is 0 Å². The van der Waals surface area contributed by atoms with Crippen LogP contribution in [0, 0.1) is 0 Å². The van der Waals surface area contributed by atoms with Gasteiger partial charge in [0.1, 0.15) is 11.2 Å². The van der Waals surface area contributed by atoms with Crippen molar-refractivity contribution < 1.29 is 0 Å². The van der Waals surface area contributed by atoms with E-state index in [2.05, 4.69) is 118 Å². The zero-order chi connectivity index (χ0) is 24.8. The maximum absolute atomic E-state index is 4.56. The Morgan fingerprint density at radius 2 is 1.16 bits per heavy atom. The van der Waals surface area contributed by atoms with Crippen molar-refractivity contribution in [3.05, 3.63) is 116 Å². The van der Waals surface area contributed by atoms with Crippen LogP contribution in [0.15, 0.2) is 116 Å². The second-order valence-electron chi connectivity index (χ2n) is 9.85. The molecule has 0 aliphatic rings. The van der Waals surface area contributed by atoms with Crippen molar-refractivity contribution in [2.75, 3.05) is 0 Å². The predicted molar refractivity (Wildman–Crippen MR) is 162 cm³/mol. The van der Waals surface area contributed by atoms with Gasteiger partial charge < -0.3 is 4.57 Å². The van der Waals surface area contributed by atoms with Crippen molar-refractivity contribution in [2.24, 2.45) is 0 Å². The molecule has 0 atom stereocenters. The van der Waals surface area contributed by atoms with E-state index in [1.54, 1.807) is 17.7 Å². The molecular weight excluding hydrogens is 482 g/mol. The number of aromatic nitrogens is 3. The van der Waals surface area contributed by atoms with Crippen LogP contribution in [-0.4, -0.2) is 14.5 Å². The molecule has 9 aromatic rings. The third-order valence-corrected chi connectivity index (χ3v) is 9.09. The van der Waals surface area contributed by atoms with Gasteiger partial charge in [-0.1, -0.05) is 78.9 Å². The van der Waals surface area contributed by atoms with Crippen molar-refractivity contribution in [1.29, 1.82) is 0 Å². The van der Waals surface area contributed by atoms with E-state index < -0.39 is 0 Å². The summed E-state index contributed by atoms with van der Waals surface area (Å²) in [4.78, 5) is 9.89. The van der Waals surface area contributed by atoms with Gasteiger partial charge in [-0.2, -0.15) is 0 Å². The molecule has 9 rings (SSSR count). The molecule has 6 aromatic carbocycles. The largest absolute Gasteiger partial charge is 0.309 e. The fraction of sp³-hybridized carbons (Fsp3) is 0. The molecule has 0 spiro atoms. The number of nitrogens with zero attached hydrogens (tertiary/aromatic N) is 3. The van der Waals surface area contributed by atoms with E-state index >= 15 is 0 Å². The van der Waals surface area contributed by atoms with Gasteiger partial charge in [0, 0.05) is 38.1 Å². The molecule has 0 N–H and O–H groups in total. The lowest BCUT2D eigenvalue weighted by molar-refractivity contribution is 1.19. The molecule has 0 saturated carbocycles. The number of benzene rings is 6. The van der Waals surface area contributed by atoms with Crippen LogP contribution >= 0.6 is 11.3 Å². The summed E-state index contributed by atoms with van der Waals surface area (Å²) in [5.41, 5.74) is 3.59. The molecule has 176 valence electrons. The quantitative estimate of drug-likeness (QED) is 0.210. The number of rotatable bonds is 1. The van der Waals surface area contributed by atoms with Crippen LogP contribution in [0.2, 0.25) is 0 Å². The Kier molecular flexibility index (Phi) is 3.93. The number of thiophene rings is 1. The standard InChI is InChI=1S/C34H19N3S/c1-2-9-23-21(7-1)22-8-3-4-10-24(22)28-17-20(13-14-25(23)28)37-30-12-6-5-11-27(30)32-31(37)16-15-26-29-18-35-19-36-34(29)38-33(26)32/h1-19H. The Hall–Kier alpha value is -4.80. The Morgan fingerprint density at radius 3 is 1.92 bits per heavy atom. The van der Waals surface area contributed by atoms with Gasteiger partial charge in [0.25, 0.3) is 0 Å². The molecule has 38 heavy (non-hydrogen) atoms. The molecule has 3 heterocycles. The van der Waals surface area contributed by atoms with Crippen molar-refractivity contribution in [3.63, 3.8) is 0 Å². The molecule has 0 radical (unpaired) electrons. The lowest BCUT2D eigenvalue weighted by atomic mass is 9.94. The number of fused-ring (bicyclic) bond motifs is 13. The molecule has 0 saturated heterocycles. The van der Waals surface area contributed by atoms with Crippen LogP contribution in [-0.2, 0) is 0 Å². The monoisotopic (exact) mass is 501 g/mol. The van der Waals surface area contributed by atoms with Crippen LogP contribution in [0.25, 0.3) is 80.1 Å². The van der Waals surface area contributed by atoms with Crippen LogP contribution in [0.4, 0.5) is 0 Å². The Balaban J connectivity index is 1.44. The number of para-hydroxylation sites is 1. The first-order chi connectivity index (χ1) is 18.9. The van der Waals surface area contributed by atoms with Crippen molar-refractivity contribution in [3.8, 4) is 5.69 Å². The topological polar surface area (TPSA) is 30.7 Å².